The van der Waals surface area contributed by atoms with Gasteiger partial charge in [0.1, 0.15) is 11.5 Å². The molecule has 1 aromatic carbocycles. The molecule has 0 aliphatic carbocycles. The molecule has 76 valence electrons. The zero-order valence-electron chi connectivity index (χ0n) is 8.57. The summed E-state index contributed by atoms with van der Waals surface area (Å²) in [6.07, 6.45) is 5.72. The molecule has 0 saturated heterocycles. The molecule has 1 aliphatic heterocycles. The Morgan fingerprint density at radius 2 is 2.13 bits per heavy atom. The van der Waals surface area contributed by atoms with Gasteiger partial charge in [-0.15, -0.1) is 0 Å². The minimum atomic E-state index is 0.901. The second kappa shape index (κ2) is 4.41. The van der Waals surface area contributed by atoms with Gasteiger partial charge in [-0.3, -0.25) is 0 Å². The number of benzene rings is 1. The lowest BCUT2D eigenvalue weighted by atomic mass is 10.3. The fourth-order valence-corrected chi connectivity index (χ4v) is 2.40. The van der Waals surface area contributed by atoms with Crippen LogP contribution in [0.4, 0.5) is 0 Å². The van der Waals surface area contributed by atoms with E-state index in [1.807, 2.05) is 37.3 Å². The molecule has 0 saturated carbocycles. The number of fused-ring (bicyclic) bond motifs is 1. The van der Waals surface area contributed by atoms with Crippen molar-refractivity contribution in [2.24, 2.45) is 0 Å². The van der Waals surface area contributed by atoms with Gasteiger partial charge in [0, 0.05) is 0 Å². The molecule has 0 atom stereocenters. The fraction of sp³-hybridized carbons (Fsp3) is 0.0769. The molecule has 0 fully saturated rings. The van der Waals surface area contributed by atoms with Gasteiger partial charge in [-0.25, -0.2) is 0 Å². The normalized spacial score (nSPS) is 19.8. The van der Waals surface area contributed by atoms with E-state index < -0.39 is 0 Å². The second-order valence-corrected chi connectivity index (χ2v) is 4.15. The molecule has 0 N–H and O–H groups in total. The quantitative estimate of drug-likeness (QED) is 0.697. The maximum absolute atomic E-state index is 5.77. The van der Waals surface area contributed by atoms with Crippen molar-refractivity contribution in [1.82, 2.24) is 0 Å². The van der Waals surface area contributed by atoms with Gasteiger partial charge in [0.15, 0.2) is 0 Å². The molecule has 0 spiro atoms. The van der Waals surface area contributed by atoms with Crippen molar-refractivity contribution >= 4 is 11.8 Å². The van der Waals surface area contributed by atoms with Crippen molar-refractivity contribution < 1.29 is 4.74 Å². The SMILES string of the molecule is C=C/C=C1/Sc2ccccc2O/C1=C/C. The number of ether oxygens (including phenoxy) is 1. The van der Waals surface area contributed by atoms with Crippen LogP contribution in [0, 0.1) is 0 Å². The highest BCUT2D eigenvalue weighted by molar-refractivity contribution is 8.03. The lowest BCUT2D eigenvalue weighted by Gasteiger charge is -2.20. The molecule has 1 aromatic rings. The maximum atomic E-state index is 5.77. The zero-order valence-corrected chi connectivity index (χ0v) is 9.38. The third-order valence-corrected chi connectivity index (χ3v) is 3.18. The summed E-state index contributed by atoms with van der Waals surface area (Å²) in [5.41, 5.74) is 0. The molecule has 1 heterocycles. The predicted molar refractivity (Wildman–Crippen MR) is 65.0 cm³/mol. The van der Waals surface area contributed by atoms with Crippen molar-refractivity contribution in [3.8, 4) is 5.75 Å². The summed E-state index contributed by atoms with van der Waals surface area (Å²) in [6.45, 7) is 5.68. The summed E-state index contributed by atoms with van der Waals surface area (Å²) >= 11 is 1.71. The minimum Gasteiger partial charge on any atom is -0.455 e. The summed E-state index contributed by atoms with van der Waals surface area (Å²) in [6, 6.07) is 8.04. The summed E-state index contributed by atoms with van der Waals surface area (Å²) in [5.74, 6) is 1.83. The van der Waals surface area contributed by atoms with Crippen molar-refractivity contribution in [2.45, 2.75) is 11.8 Å². The monoisotopic (exact) mass is 216 g/mol. The van der Waals surface area contributed by atoms with E-state index in [0.29, 0.717) is 0 Å². The highest BCUT2D eigenvalue weighted by atomic mass is 32.2. The van der Waals surface area contributed by atoms with E-state index in [1.165, 1.54) is 0 Å². The summed E-state index contributed by atoms with van der Waals surface area (Å²) < 4.78 is 5.77. The molecule has 2 heteroatoms. The largest absolute Gasteiger partial charge is 0.455 e. The van der Waals surface area contributed by atoms with Crippen LogP contribution in [0.25, 0.3) is 0 Å². The minimum absolute atomic E-state index is 0.901. The second-order valence-electron chi connectivity index (χ2n) is 3.07. The van der Waals surface area contributed by atoms with E-state index in [-0.39, 0.29) is 0 Å². The van der Waals surface area contributed by atoms with Crippen molar-refractivity contribution in [3.63, 3.8) is 0 Å². The standard InChI is InChI=1S/C13H12OS/c1-3-7-12-10(4-2)14-11-8-5-6-9-13(11)15-12/h3-9H,1H2,2H3/b10-4+,12-7+. The Labute approximate surface area is 94.1 Å². The van der Waals surface area contributed by atoms with Gasteiger partial charge in [0.05, 0.1) is 9.80 Å². The number of hydrogen-bond acceptors (Lipinski definition) is 2. The van der Waals surface area contributed by atoms with E-state index in [0.717, 1.165) is 21.3 Å². The van der Waals surface area contributed by atoms with Gasteiger partial charge in [-0.1, -0.05) is 36.5 Å². The Morgan fingerprint density at radius 1 is 1.33 bits per heavy atom. The number of hydrogen-bond donors (Lipinski definition) is 0. The van der Waals surface area contributed by atoms with Crippen LogP contribution < -0.4 is 4.74 Å². The smallest absolute Gasteiger partial charge is 0.141 e. The van der Waals surface area contributed by atoms with E-state index in [4.69, 9.17) is 4.74 Å². The summed E-state index contributed by atoms with van der Waals surface area (Å²) in [5, 5.41) is 0. The Morgan fingerprint density at radius 3 is 2.87 bits per heavy atom. The lowest BCUT2D eigenvalue weighted by molar-refractivity contribution is 0.426. The highest BCUT2D eigenvalue weighted by Gasteiger charge is 2.18. The van der Waals surface area contributed by atoms with E-state index in [9.17, 15) is 0 Å². The van der Waals surface area contributed by atoms with Crippen LogP contribution in [0.15, 0.2) is 64.6 Å². The average Bonchev–Trinajstić information content (AvgIpc) is 2.28. The van der Waals surface area contributed by atoms with Crippen LogP contribution in [-0.2, 0) is 0 Å². The first-order chi connectivity index (χ1) is 7.35. The van der Waals surface area contributed by atoms with E-state index in [1.54, 1.807) is 17.8 Å². The highest BCUT2D eigenvalue weighted by Crippen LogP contribution is 2.43. The third kappa shape index (κ3) is 2.00. The molecule has 0 bridgehead atoms. The van der Waals surface area contributed by atoms with E-state index >= 15 is 0 Å². The van der Waals surface area contributed by atoms with Gasteiger partial charge in [0.25, 0.3) is 0 Å². The van der Waals surface area contributed by atoms with Crippen molar-refractivity contribution in [1.29, 1.82) is 0 Å². The average molecular weight is 216 g/mol. The van der Waals surface area contributed by atoms with Crippen molar-refractivity contribution in [2.75, 3.05) is 0 Å². The molecule has 0 unspecified atom stereocenters. The van der Waals surface area contributed by atoms with Crippen LogP contribution in [-0.4, -0.2) is 0 Å². The number of allylic oxidation sites excluding steroid dienone is 3. The van der Waals surface area contributed by atoms with Gasteiger partial charge in [0.2, 0.25) is 0 Å². The molecule has 15 heavy (non-hydrogen) atoms. The van der Waals surface area contributed by atoms with Crippen LogP contribution in [0.5, 0.6) is 5.75 Å². The first kappa shape index (κ1) is 10.1. The van der Waals surface area contributed by atoms with Crippen LogP contribution in [0.2, 0.25) is 0 Å². The zero-order chi connectivity index (χ0) is 10.7. The molecular formula is C13H12OS. The Kier molecular flexibility index (Phi) is 2.97. The third-order valence-electron chi connectivity index (χ3n) is 2.06. The summed E-state index contributed by atoms with van der Waals surface area (Å²) in [4.78, 5) is 2.25. The molecule has 0 aromatic heterocycles. The van der Waals surface area contributed by atoms with Gasteiger partial charge in [-0.2, -0.15) is 0 Å². The topological polar surface area (TPSA) is 9.23 Å². The molecule has 0 amide bonds. The summed E-state index contributed by atoms with van der Waals surface area (Å²) in [7, 11) is 0. The van der Waals surface area contributed by atoms with Gasteiger partial charge >= 0.3 is 0 Å². The van der Waals surface area contributed by atoms with Gasteiger partial charge < -0.3 is 4.74 Å². The maximum Gasteiger partial charge on any atom is 0.141 e. The van der Waals surface area contributed by atoms with E-state index in [2.05, 4.69) is 12.6 Å². The molecule has 1 aliphatic rings. The Balaban J connectivity index is 2.44. The lowest BCUT2D eigenvalue weighted by Crippen LogP contribution is -2.02. The Hall–Kier alpha value is -1.41. The van der Waals surface area contributed by atoms with Crippen LogP contribution in [0.1, 0.15) is 6.92 Å². The number of rotatable bonds is 1. The first-order valence-corrected chi connectivity index (χ1v) is 5.61. The predicted octanol–water partition coefficient (Wildman–Crippen LogP) is 4.14. The first-order valence-electron chi connectivity index (χ1n) is 4.79. The van der Waals surface area contributed by atoms with Gasteiger partial charge in [-0.05, 0) is 31.2 Å². The number of para-hydroxylation sites is 1. The molecule has 1 nitrogen and oxygen atoms in total. The molecule has 0 radical (unpaired) electrons. The molecular weight excluding hydrogens is 204 g/mol. The van der Waals surface area contributed by atoms with Crippen LogP contribution >= 0.6 is 11.8 Å². The van der Waals surface area contributed by atoms with Crippen LogP contribution in [0.3, 0.4) is 0 Å². The van der Waals surface area contributed by atoms with Crippen molar-refractivity contribution in [3.05, 3.63) is 59.7 Å². The molecule has 2 rings (SSSR count). The number of thioether (sulfide) groups is 1. The fourth-order valence-electron chi connectivity index (χ4n) is 1.38. The Bertz CT molecular complexity index is 444.